The average molecular weight is 270 g/mol. The molecule has 4 heteroatoms. The molecule has 1 heterocycles. The van der Waals surface area contributed by atoms with Crippen LogP contribution in [-0.2, 0) is 4.74 Å². The van der Waals surface area contributed by atoms with E-state index in [1.807, 2.05) is 31.2 Å². The van der Waals surface area contributed by atoms with Crippen LogP contribution in [0.5, 0.6) is 0 Å². The molecule has 1 aromatic carbocycles. The van der Waals surface area contributed by atoms with E-state index >= 15 is 0 Å². The topological polar surface area (TPSA) is 29.5 Å². The molecule has 1 amide bonds. The fraction of sp³-hybridized carbons (Fsp3) is 0.364. The zero-order valence-electron chi connectivity index (χ0n) is 8.44. The SMILES string of the molecule is CC1OCCN1C(=O)c1ccc(Br)cc1. The van der Waals surface area contributed by atoms with Gasteiger partial charge in [0.1, 0.15) is 6.23 Å². The van der Waals surface area contributed by atoms with E-state index in [1.54, 1.807) is 4.90 Å². The summed E-state index contributed by atoms with van der Waals surface area (Å²) in [7, 11) is 0. The molecular formula is C11H12BrNO2. The fourth-order valence-corrected chi connectivity index (χ4v) is 1.88. The molecule has 1 aliphatic heterocycles. The van der Waals surface area contributed by atoms with Gasteiger partial charge in [-0.25, -0.2) is 0 Å². The number of benzene rings is 1. The van der Waals surface area contributed by atoms with E-state index in [2.05, 4.69) is 15.9 Å². The summed E-state index contributed by atoms with van der Waals surface area (Å²) in [5, 5.41) is 0. The van der Waals surface area contributed by atoms with Crippen LogP contribution in [0, 0.1) is 0 Å². The zero-order valence-corrected chi connectivity index (χ0v) is 10.0. The van der Waals surface area contributed by atoms with Crippen LogP contribution in [0.25, 0.3) is 0 Å². The Morgan fingerprint density at radius 1 is 1.47 bits per heavy atom. The van der Waals surface area contributed by atoms with Gasteiger partial charge in [-0.1, -0.05) is 15.9 Å². The van der Waals surface area contributed by atoms with E-state index in [9.17, 15) is 4.79 Å². The van der Waals surface area contributed by atoms with E-state index in [0.717, 1.165) is 4.47 Å². The summed E-state index contributed by atoms with van der Waals surface area (Å²) in [5.74, 6) is 0.0347. The molecule has 0 bridgehead atoms. The lowest BCUT2D eigenvalue weighted by Gasteiger charge is -2.19. The third kappa shape index (κ3) is 2.21. The van der Waals surface area contributed by atoms with Crippen molar-refractivity contribution in [3.8, 4) is 0 Å². The highest BCUT2D eigenvalue weighted by molar-refractivity contribution is 9.10. The predicted octanol–water partition coefficient (Wildman–Crippen LogP) is 2.27. The first-order valence-electron chi connectivity index (χ1n) is 4.86. The molecular weight excluding hydrogens is 258 g/mol. The molecule has 0 spiro atoms. The quantitative estimate of drug-likeness (QED) is 0.783. The lowest BCUT2D eigenvalue weighted by molar-refractivity contribution is 0.0378. The van der Waals surface area contributed by atoms with Crippen LogP contribution < -0.4 is 0 Å². The highest BCUT2D eigenvalue weighted by atomic mass is 79.9. The zero-order chi connectivity index (χ0) is 10.8. The largest absolute Gasteiger partial charge is 0.357 e. The molecule has 0 radical (unpaired) electrons. The molecule has 1 atom stereocenters. The third-order valence-electron chi connectivity index (χ3n) is 2.48. The summed E-state index contributed by atoms with van der Waals surface area (Å²) in [6.45, 7) is 3.20. The van der Waals surface area contributed by atoms with Crippen LogP contribution in [0.3, 0.4) is 0 Å². The lowest BCUT2D eigenvalue weighted by Crippen LogP contribution is -2.34. The van der Waals surface area contributed by atoms with Crippen LogP contribution in [-0.4, -0.2) is 30.2 Å². The number of hydrogen-bond acceptors (Lipinski definition) is 2. The second-order valence-electron chi connectivity index (χ2n) is 3.48. The Hall–Kier alpha value is -0.870. The normalized spacial score (nSPS) is 20.7. The van der Waals surface area contributed by atoms with Crippen molar-refractivity contribution in [1.82, 2.24) is 4.90 Å². The summed E-state index contributed by atoms with van der Waals surface area (Å²) in [6.07, 6.45) is -0.110. The summed E-state index contributed by atoms with van der Waals surface area (Å²) < 4.78 is 6.30. The number of rotatable bonds is 1. The highest BCUT2D eigenvalue weighted by Gasteiger charge is 2.26. The molecule has 1 unspecified atom stereocenters. The Bertz CT molecular complexity index is 363. The Morgan fingerprint density at radius 2 is 2.13 bits per heavy atom. The van der Waals surface area contributed by atoms with Gasteiger partial charge in [0, 0.05) is 16.6 Å². The van der Waals surface area contributed by atoms with Gasteiger partial charge < -0.3 is 9.64 Å². The number of amides is 1. The van der Waals surface area contributed by atoms with E-state index in [4.69, 9.17) is 4.74 Å². The van der Waals surface area contributed by atoms with Gasteiger partial charge >= 0.3 is 0 Å². The summed E-state index contributed by atoms with van der Waals surface area (Å²) >= 11 is 3.34. The van der Waals surface area contributed by atoms with Crippen molar-refractivity contribution < 1.29 is 9.53 Å². The molecule has 2 rings (SSSR count). The monoisotopic (exact) mass is 269 g/mol. The number of halogens is 1. The molecule has 0 saturated carbocycles. The van der Waals surface area contributed by atoms with Crippen LogP contribution in [0.2, 0.25) is 0 Å². The Labute approximate surface area is 97.2 Å². The van der Waals surface area contributed by atoms with Gasteiger partial charge in [-0.2, -0.15) is 0 Å². The number of hydrogen-bond donors (Lipinski definition) is 0. The number of carbonyl (C=O) groups excluding carboxylic acids is 1. The van der Waals surface area contributed by atoms with Crippen molar-refractivity contribution in [3.05, 3.63) is 34.3 Å². The van der Waals surface area contributed by atoms with Gasteiger partial charge in [0.2, 0.25) is 0 Å². The van der Waals surface area contributed by atoms with Crippen LogP contribution in [0.15, 0.2) is 28.7 Å². The molecule has 0 N–H and O–H groups in total. The molecule has 15 heavy (non-hydrogen) atoms. The first-order chi connectivity index (χ1) is 7.18. The van der Waals surface area contributed by atoms with Gasteiger partial charge in [-0.3, -0.25) is 4.79 Å². The maximum absolute atomic E-state index is 12.0. The number of nitrogens with zero attached hydrogens (tertiary/aromatic N) is 1. The maximum atomic E-state index is 12.0. The molecule has 3 nitrogen and oxygen atoms in total. The van der Waals surface area contributed by atoms with E-state index in [1.165, 1.54) is 0 Å². The Morgan fingerprint density at radius 3 is 2.67 bits per heavy atom. The van der Waals surface area contributed by atoms with Crippen LogP contribution >= 0.6 is 15.9 Å². The predicted molar refractivity (Wildman–Crippen MR) is 60.6 cm³/mol. The smallest absolute Gasteiger partial charge is 0.255 e. The van der Waals surface area contributed by atoms with Crippen molar-refractivity contribution in [2.75, 3.05) is 13.2 Å². The maximum Gasteiger partial charge on any atom is 0.255 e. The first kappa shape index (κ1) is 10.6. The minimum absolute atomic E-state index is 0.0347. The van der Waals surface area contributed by atoms with Gasteiger partial charge in [0.25, 0.3) is 5.91 Å². The van der Waals surface area contributed by atoms with Gasteiger partial charge in [0.05, 0.1) is 6.61 Å². The average Bonchev–Trinajstić information content (AvgIpc) is 2.65. The Balaban J connectivity index is 2.17. The first-order valence-corrected chi connectivity index (χ1v) is 5.66. The lowest BCUT2D eigenvalue weighted by atomic mass is 10.2. The van der Waals surface area contributed by atoms with Crippen molar-refractivity contribution >= 4 is 21.8 Å². The second kappa shape index (κ2) is 4.33. The van der Waals surface area contributed by atoms with Gasteiger partial charge in [0.15, 0.2) is 0 Å². The second-order valence-corrected chi connectivity index (χ2v) is 4.39. The van der Waals surface area contributed by atoms with Gasteiger partial charge in [-0.05, 0) is 31.2 Å². The van der Waals surface area contributed by atoms with Crippen LogP contribution in [0.1, 0.15) is 17.3 Å². The minimum Gasteiger partial charge on any atom is -0.357 e. The van der Waals surface area contributed by atoms with Crippen molar-refractivity contribution in [2.24, 2.45) is 0 Å². The van der Waals surface area contributed by atoms with Crippen LogP contribution in [0.4, 0.5) is 0 Å². The molecule has 1 aromatic rings. The number of carbonyl (C=O) groups is 1. The minimum atomic E-state index is -0.110. The van der Waals surface area contributed by atoms with Crippen molar-refractivity contribution in [3.63, 3.8) is 0 Å². The molecule has 1 aliphatic rings. The molecule has 1 fully saturated rings. The molecule has 1 saturated heterocycles. The summed E-state index contributed by atoms with van der Waals surface area (Å²) in [6, 6.07) is 7.37. The Kier molecular flexibility index (Phi) is 3.07. The summed E-state index contributed by atoms with van der Waals surface area (Å²) in [5.41, 5.74) is 0.704. The van der Waals surface area contributed by atoms with Crippen molar-refractivity contribution in [2.45, 2.75) is 13.2 Å². The number of ether oxygens (including phenoxy) is 1. The third-order valence-corrected chi connectivity index (χ3v) is 3.01. The molecule has 80 valence electrons. The van der Waals surface area contributed by atoms with E-state index in [-0.39, 0.29) is 12.1 Å². The van der Waals surface area contributed by atoms with E-state index < -0.39 is 0 Å². The standard InChI is InChI=1S/C11H12BrNO2/c1-8-13(6-7-15-8)11(14)9-2-4-10(12)5-3-9/h2-5,8H,6-7H2,1H3. The molecule has 0 aromatic heterocycles. The summed E-state index contributed by atoms with van der Waals surface area (Å²) in [4.78, 5) is 13.7. The van der Waals surface area contributed by atoms with Crippen molar-refractivity contribution in [1.29, 1.82) is 0 Å². The highest BCUT2D eigenvalue weighted by Crippen LogP contribution is 2.16. The molecule has 0 aliphatic carbocycles. The van der Waals surface area contributed by atoms with Gasteiger partial charge in [-0.15, -0.1) is 0 Å². The fourth-order valence-electron chi connectivity index (χ4n) is 1.62. The van der Waals surface area contributed by atoms with E-state index in [0.29, 0.717) is 18.7 Å².